The molecule has 2 amide bonds. The summed E-state index contributed by atoms with van der Waals surface area (Å²) in [6.45, 7) is 2.28. The zero-order valence-electron chi connectivity index (χ0n) is 22.8. The summed E-state index contributed by atoms with van der Waals surface area (Å²) in [4.78, 5) is 30.9. The van der Waals surface area contributed by atoms with Gasteiger partial charge in [0.25, 0.3) is 5.91 Å². The minimum absolute atomic E-state index is 0.0323. The van der Waals surface area contributed by atoms with E-state index in [2.05, 4.69) is 17.0 Å². The summed E-state index contributed by atoms with van der Waals surface area (Å²) in [7, 11) is 0. The predicted octanol–water partition coefficient (Wildman–Crippen LogP) is 3.83. The molecule has 2 N–H and O–H groups in total. The number of piperazine rings is 1. The smallest absolute Gasteiger partial charge is 0.422 e. The zero-order chi connectivity index (χ0) is 29.4. The van der Waals surface area contributed by atoms with Gasteiger partial charge in [0.2, 0.25) is 0 Å². The SMILES string of the molecule is NC(=O)O[C@@H](C(=O)N1CCN(Cc2c(F)cccc2OCC(F)(F)F)CC1)C1CCN(CCc2ccccc2)CC1. The molecule has 41 heavy (non-hydrogen) atoms. The van der Waals surface area contributed by atoms with Gasteiger partial charge in [-0.25, -0.2) is 9.18 Å². The van der Waals surface area contributed by atoms with Crippen LogP contribution in [0.15, 0.2) is 48.5 Å². The average molecular weight is 581 g/mol. The van der Waals surface area contributed by atoms with Crippen molar-refractivity contribution >= 4 is 12.0 Å². The highest BCUT2D eigenvalue weighted by Crippen LogP contribution is 2.28. The van der Waals surface area contributed by atoms with Crippen LogP contribution in [-0.2, 0) is 22.5 Å². The van der Waals surface area contributed by atoms with E-state index in [1.54, 1.807) is 4.90 Å². The maximum absolute atomic E-state index is 14.5. The van der Waals surface area contributed by atoms with E-state index in [9.17, 15) is 27.2 Å². The van der Waals surface area contributed by atoms with Gasteiger partial charge in [0, 0.05) is 50.7 Å². The van der Waals surface area contributed by atoms with Crippen LogP contribution in [0.3, 0.4) is 0 Å². The molecule has 224 valence electrons. The largest absolute Gasteiger partial charge is 0.484 e. The van der Waals surface area contributed by atoms with Gasteiger partial charge >= 0.3 is 12.3 Å². The van der Waals surface area contributed by atoms with E-state index < -0.39 is 30.8 Å². The number of primary amides is 1. The van der Waals surface area contributed by atoms with Gasteiger partial charge in [0.15, 0.2) is 12.7 Å². The Bertz CT molecular complexity index is 1150. The van der Waals surface area contributed by atoms with Gasteiger partial charge in [-0.05, 0) is 50.0 Å². The van der Waals surface area contributed by atoms with Crippen molar-refractivity contribution in [3.05, 3.63) is 65.5 Å². The Morgan fingerprint density at radius 1 is 0.927 bits per heavy atom. The van der Waals surface area contributed by atoms with Crippen LogP contribution in [0.4, 0.5) is 22.4 Å². The van der Waals surface area contributed by atoms with Crippen LogP contribution in [0.1, 0.15) is 24.0 Å². The number of nitrogens with zero attached hydrogens (tertiary/aromatic N) is 3. The van der Waals surface area contributed by atoms with Crippen molar-refractivity contribution < 1.29 is 36.6 Å². The average Bonchev–Trinajstić information content (AvgIpc) is 2.95. The van der Waals surface area contributed by atoms with Crippen molar-refractivity contribution in [2.75, 3.05) is 52.4 Å². The highest BCUT2D eigenvalue weighted by atomic mass is 19.4. The molecule has 0 spiro atoms. The van der Waals surface area contributed by atoms with Crippen molar-refractivity contribution in [2.24, 2.45) is 11.7 Å². The molecule has 0 unspecified atom stereocenters. The molecule has 2 saturated heterocycles. The molecule has 0 bridgehead atoms. The molecule has 0 aromatic heterocycles. The Morgan fingerprint density at radius 2 is 1.61 bits per heavy atom. The molecule has 2 fully saturated rings. The maximum Gasteiger partial charge on any atom is 0.422 e. The van der Waals surface area contributed by atoms with Gasteiger partial charge in [-0.15, -0.1) is 0 Å². The van der Waals surface area contributed by atoms with Crippen LogP contribution >= 0.6 is 0 Å². The van der Waals surface area contributed by atoms with E-state index in [4.69, 9.17) is 15.2 Å². The van der Waals surface area contributed by atoms with E-state index in [1.165, 1.54) is 23.8 Å². The summed E-state index contributed by atoms with van der Waals surface area (Å²) in [6.07, 6.45) is -4.22. The van der Waals surface area contributed by atoms with E-state index in [-0.39, 0.29) is 29.7 Å². The Balaban J connectivity index is 1.30. The van der Waals surface area contributed by atoms with Crippen molar-refractivity contribution in [3.8, 4) is 5.75 Å². The maximum atomic E-state index is 14.5. The first kappa shape index (κ1) is 30.6. The van der Waals surface area contributed by atoms with E-state index in [1.807, 2.05) is 23.1 Å². The van der Waals surface area contributed by atoms with Gasteiger partial charge in [-0.1, -0.05) is 36.4 Å². The van der Waals surface area contributed by atoms with Crippen LogP contribution in [0.5, 0.6) is 5.75 Å². The number of carbonyl (C=O) groups excluding carboxylic acids is 2. The summed E-state index contributed by atoms with van der Waals surface area (Å²) >= 11 is 0. The van der Waals surface area contributed by atoms with Gasteiger partial charge in [-0.3, -0.25) is 9.69 Å². The third-order valence-corrected chi connectivity index (χ3v) is 7.64. The number of rotatable bonds is 10. The second-order valence-electron chi connectivity index (χ2n) is 10.5. The molecule has 12 heteroatoms. The molecule has 8 nitrogen and oxygen atoms in total. The number of ether oxygens (including phenoxy) is 2. The number of hydrogen-bond acceptors (Lipinski definition) is 6. The molecule has 0 saturated carbocycles. The molecular weight excluding hydrogens is 544 g/mol. The Hall–Kier alpha value is -3.38. The first-order chi connectivity index (χ1) is 19.6. The quantitative estimate of drug-likeness (QED) is 0.430. The fourth-order valence-corrected chi connectivity index (χ4v) is 5.40. The third-order valence-electron chi connectivity index (χ3n) is 7.64. The second-order valence-corrected chi connectivity index (χ2v) is 10.5. The number of halogens is 4. The molecule has 0 aliphatic carbocycles. The van der Waals surface area contributed by atoms with Gasteiger partial charge in [-0.2, -0.15) is 13.2 Å². The van der Waals surface area contributed by atoms with Crippen LogP contribution < -0.4 is 10.5 Å². The fourth-order valence-electron chi connectivity index (χ4n) is 5.40. The number of nitrogens with two attached hydrogens (primary N) is 1. The van der Waals surface area contributed by atoms with Crippen LogP contribution in [0, 0.1) is 11.7 Å². The van der Waals surface area contributed by atoms with Crippen molar-refractivity contribution in [1.29, 1.82) is 0 Å². The standard InChI is InChI=1S/C29H36F4N4O4/c30-24-7-4-8-25(40-20-29(31,32)33)23(24)19-36-15-17-37(18-16-36)27(38)26(41-28(34)39)22-10-13-35(14-11-22)12-9-21-5-2-1-3-6-21/h1-8,22,26H,9-20H2,(H2,34,39)/t26-/m1/s1. The summed E-state index contributed by atoms with van der Waals surface area (Å²) in [5, 5.41) is 0. The van der Waals surface area contributed by atoms with Crippen LogP contribution in [0.25, 0.3) is 0 Å². The van der Waals surface area contributed by atoms with Crippen molar-refractivity contribution in [2.45, 2.75) is 38.1 Å². The molecule has 4 rings (SSSR count). The summed E-state index contributed by atoms with van der Waals surface area (Å²) in [5.41, 5.74) is 6.62. The number of alkyl halides is 3. The molecule has 1 atom stereocenters. The molecule has 2 aromatic carbocycles. The number of hydrogen-bond donors (Lipinski definition) is 1. The lowest BCUT2D eigenvalue weighted by Crippen LogP contribution is -2.54. The fraction of sp³-hybridized carbons (Fsp3) is 0.517. The van der Waals surface area contributed by atoms with Gasteiger partial charge in [0.1, 0.15) is 11.6 Å². The first-order valence-corrected chi connectivity index (χ1v) is 13.8. The summed E-state index contributed by atoms with van der Waals surface area (Å²) in [5.74, 6) is -1.29. The molecule has 2 aliphatic rings. The molecule has 2 aromatic rings. The summed E-state index contributed by atoms with van der Waals surface area (Å²) < 4.78 is 62.6. The van der Waals surface area contributed by atoms with Crippen LogP contribution in [0.2, 0.25) is 0 Å². The topological polar surface area (TPSA) is 88.3 Å². The Kier molecular flexibility index (Phi) is 10.4. The monoisotopic (exact) mass is 580 g/mol. The normalized spacial score (nSPS) is 18.2. The lowest BCUT2D eigenvalue weighted by molar-refractivity contribution is -0.153. The molecule has 0 radical (unpaired) electrons. The van der Waals surface area contributed by atoms with Crippen molar-refractivity contribution in [3.63, 3.8) is 0 Å². The summed E-state index contributed by atoms with van der Waals surface area (Å²) in [6, 6.07) is 14.0. The molecule has 2 heterocycles. The first-order valence-electron chi connectivity index (χ1n) is 13.8. The minimum atomic E-state index is -4.54. The lowest BCUT2D eigenvalue weighted by atomic mass is 9.90. The third kappa shape index (κ3) is 9.06. The predicted molar refractivity (Wildman–Crippen MR) is 144 cm³/mol. The number of piperidine rings is 1. The number of amides is 2. The second kappa shape index (κ2) is 14.0. The van der Waals surface area contributed by atoms with Crippen molar-refractivity contribution in [1.82, 2.24) is 14.7 Å². The number of benzene rings is 2. The Labute approximate surface area is 237 Å². The van der Waals surface area contributed by atoms with E-state index >= 15 is 0 Å². The van der Waals surface area contributed by atoms with Crippen LogP contribution in [-0.4, -0.2) is 91.4 Å². The van der Waals surface area contributed by atoms with Gasteiger partial charge in [0.05, 0.1) is 0 Å². The highest BCUT2D eigenvalue weighted by molar-refractivity contribution is 5.83. The molecular formula is C29H36F4N4O4. The molecule has 2 aliphatic heterocycles. The van der Waals surface area contributed by atoms with E-state index in [0.29, 0.717) is 39.0 Å². The minimum Gasteiger partial charge on any atom is -0.484 e. The number of carbonyl (C=O) groups is 2. The number of likely N-dealkylation sites (tertiary alicyclic amines) is 1. The zero-order valence-corrected chi connectivity index (χ0v) is 22.8. The van der Waals surface area contributed by atoms with Gasteiger partial charge < -0.3 is 25.0 Å². The lowest BCUT2D eigenvalue weighted by Gasteiger charge is -2.39. The highest BCUT2D eigenvalue weighted by Gasteiger charge is 2.38. The Morgan fingerprint density at radius 3 is 2.24 bits per heavy atom. The van der Waals surface area contributed by atoms with E-state index in [0.717, 1.165) is 26.1 Å².